The normalized spacial score (nSPS) is 25.9. The number of carboxylic acids is 1. The zero-order valence-electron chi connectivity index (χ0n) is 21.1. The Balaban J connectivity index is 1.35. The summed E-state index contributed by atoms with van der Waals surface area (Å²) in [6, 6.07) is 5.94. The third kappa shape index (κ3) is 4.49. The number of sulfonamides is 1. The molecular weight excluding hydrogens is 498 g/mol. The summed E-state index contributed by atoms with van der Waals surface area (Å²) in [6.45, 7) is 8.52. The summed E-state index contributed by atoms with van der Waals surface area (Å²) in [5.41, 5.74) is 1.31. The van der Waals surface area contributed by atoms with Crippen molar-refractivity contribution in [3.8, 4) is 0 Å². The Morgan fingerprint density at radius 1 is 1.14 bits per heavy atom. The number of carboxylic acid groups (broad SMARTS) is 1. The first-order valence-electron chi connectivity index (χ1n) is 12.3. The number of hydrogen-bond acceptors (Lipinski definition) is 6. The van der Waals surface area contributed by atoms with Gasteiger partial charge in [0.05, 0.1) is 10.5 Å². The van der Waals surface area contributed by atoms with E-state index in [1.807, 2.05) is 7.05 Å². The number of anilines is 1. The number of carbonyl (C=O) groups excluding carboxylic acids is 1. The average molecular weight is 532 g/mol. The van der Waals surface area contributed by atoms with Crippen molar-refractivity contribution in [2.45, 2.75) is 63.9 Å². The summed E-state index contributed by atoms with van der Waals surface area (Å²) in [7, 11) is -1.71. The Hall–Kier alpha value is -2.27. The number of aromatic carboxylic acids is 1. The second-order valence-electron chi connectivity index (χ2n) is 11.7. The smallest absolute Gasteiger partial charge is 0.339 e. The molecule has 1 saturated heterocycles. The van der Waals surface area contributed by atoms with E-state index in [1.165, 1.54) is 35.6 Å². The molecule has 2 aliphatic heterocycles. The van der Waals surface area contributed by atoms with Crippen LogP contribution in [0.5, 0.6) is 0 Å². The van der Waals surface area contributed by atoms with Crippen LogP contribution in [0, 0.1) is 10.8 Å². The van der Waals surface area contributed by atoms with E-state index in [1.54, 1.807) is 4.31 Å². The van der Waals surface area contributed by atoms with Crippen molar-refractivity contribution in [1.29, 1.82) is 0 Å². The van der Waals surface area contributed by atoms with Crippen LogP contribution in [-0.2, 0) is 23.0 Å². The van der Waals surface area contributed by atoms with Crippen LogP contribution in [0.1, 0.15) is 71.2 Å². The Bertz CT molecular complexity index is 1330. The fourth-order valence-corrected chi connectivity index (χ4v) is 9.71. The van der Waals surface area contributed by atoms with E-state index in [2.05, 4.69) is 31.0 Å². The lowest BCUT2D eigenvalue weighted by Crippen LogP contribution is -2.37. The molecule has 8 nitrogen and oxygen atoms in total. The Kier molecular flexibility index (Phi) is 6.10. The summed E-state index contributed by atoms with van der Waals surface area (Å²) in [5.74, 6) is -1.51. The minimum absolute atomic E-state index is 0.00919. The number of nitrogens with zero attached hydrogens (tertiary/aromatic N) is 2. The van der Waals surface area contributed by atoms with Gasteiger partial charge < -0.3 is 15.3 Å². The number of nitrogens with one attached hydrogen (secondary N) is 1. The van der Waals surface area contributed by atoms with Crippen molar-refractivity contribution in [2.24, 2.45) is 10.8 Å². The number of likely N-dealkylation sites (N-methyl/N-ethyl adjacent to an activating group) is 1. The van der Waals surface area contributed by atoms with E-state index in [4.69, 9.17) is 0 Å². The lowest BCUT2D eigenvalue weighted by molar-refractivity contribution is 0.0696. The summed E-state index contributed by atoms with van der Waals surface area (Å²) >= 11 is 1.29. The van der Waals surface area contributed by atoms with Crippen LogP contribution >= 0.6 is 11.3 Å². The third-order valence-electron chi connectivity index (χ3n) is 7.78. The molecule has 36 heavy (non-hydrogen) atoms. The number of thiophene rings is 1. The molecule has 2 N–H and O–H groups in total. The highest BCUT2D eigenvalue weighted by molar-refractivity contribution is 7.89. The van der Waals surface area contributed by atoms with Crippen molar-refractivity contribution in [1.82, 2.24) is 9.21 Å². The molecule has 1 saturated carbocycles. The summed E-state index contributed by atoms with van der Waals surface area (Å²) in [5, 5.41) is 12.9. The van der Waals surface area contributed by atoms with Gasteiger partial charge in [-0.15, -0.1) is 11.3 Å². The second-order valence-corrected chi connectivity index (χ2v) is 14.7. The molecule has 0 radical (unpaired) electrons. The SMILES string of the molecule is CN1CCc2c(sc(NC(=O)c3ccc(S(=O)(=O)N4CC5(C)CC4CC(C)(C)C5)cc3)c2C(=O)O)C1. The van der Waals surface area contributed by atoms with Gasteiger partial charge in [-0.1, -0.05) is 20.8 Å². The van der Waals surface area contributed by atoms with Crippen molar-refractivity contribution in [3.05, 3.63) is 45.8 Å². The maximum Gasteiger partial charge on any atom is 0.339 e. The quantitative estimate of drug-likeness (QED) is 0.597. The zero-order chi connectivity index (χ0) is 26.0. The minimum atomic E-state index is -3.69. The van der Waals surface area contributed by atoms with Gasteiger partial charge in [-0.05, 0) is 73.4 Å². The van der Waals surface area contributed by atoms with E-state index < -0.39 is 21.9 Å². The molecular formula is C26H33N3O5S2. The van der Waals surface area contributed by atoms with Crippen LogP contribution in [0.3, 0.4) is 0 Å². The number of fused-ring (bicyclic) bond motifs is 3. The maximum atomic E-state index is 13.5. The summed E-state index contributed by atoms with van der Waals surface area (Å²) in [6.07, 6.45) is 3.35. The predicted molar refractivity (Wildman–Crippen MR) is 139 cm³/mol. The number of carbonyl (C=O) groups is 2. The summed E-state index contributed by atoms with van der Waals surface area (Å²) in [4.78, 5) is 28.2. The van der Waals surface area contributed by atoms with Gasteiger partial charge >= 0.3 is 5.97 Å². The van der Waals surface area contributed by atoms with Crippen molar-refractivity contribution in [2.75, 3.05) is 25.5 Å². The molecule has 2 atom stereocenters. The van der Waals surface area contributed by atoms with Crippen LogP contribution in [0.25, 0.3) is 0 Å². The molecule has 1 aromatic heterocycles. The van der Waals surface area contributed by atoms with Crippen molar-refractivity contribution >= 4 is 38.2 Å². The highest BCUT2D eigenvalue weighted by Crippen LogP contribution is 2.53. The largest absolute Gasteiger partial charge is 0.478 e. The van der Waals surface area contributed by atoms with E-state index in [0.717, 1.165) is 36.2 Å². The van der Waals surface area contributed by atoms with Gasteiger partial charge in [-0.2, -0.15) is 4.31 Å². The van der Waals surface area contributed by atoms with Crippen molar-refractivity contribution < 1.29 is 23.1 Å². The number of rotatable bonds is 5. The topological polar surface area (TPSA) is 107 Å². The molecule has 194 valence electrons. The van der Waals surface area contributed by atoms with Crippen LogP contribution in [0.4, 0.5) is 5.00 Å². The average Bonchev–Trinajstić information content (AvgIpc) is 3.26. The highest BCUT2D eigenvalue weighted by atomic mass is 32.2. The maximum absolute atomic E-state index is 13.5. The second kappa shape index (κ2) is 8.65. The molecule has 0 spiro atoms. The first kappa shape index (κ1) is 25.4. The molecule has 2 fully saturated rings. The fraction of sp³-hybridized carbons (Fsp3) is 0.538. The molecule has 1 aromatic carbocycles. The minimum Gasteiger partial charge on any atom is -0.478 e. The van der Waals surface area contributed by atoms with E-state index in [0.29, 0.717) is 24.5 Å². The van der Waals surface area contributed by atoms with E-state index in [-0.39, 0.29) is 32.9 Å². The summed E-state index contributed by atoms with van der Waals surface area (Å²) < 4.78 is 28.7. The van der Waals surface area contributed by atoms with Gasteiger partial charge in [0.15, 0.2) is 0 Å². The van der Waals surface area contributed by atoms with Gasteiger partial charge in [0, 0.05) is 36.1 Å². The Labute approximate surface area is 216 Å². The zero-order valence-corrected chi connectivity index (χ0v) is 22.8. The Morgan fingerprint density at radius 3 is 2.50 bits per heavy atom. The molecule has 2 aromatic rings. The lowest BCUT2D eigenvalue weighted by atomic mass is 9.65. The molecule has 2 unspecified atom stereocenters. The first-order chi connectivity index (χ1) is 16.8. The number of benzene rings is 1. The standard InChI is InChI=1S/C26H33N3O5S2/c1-25(2)11-17-12-26(3,14-25)15-29(17)36(33,34)18-7-5-16(6-8-18)22(30)27-23-21(24(31)32)19-9-10-28(4)13-20(19)35-23/h5-8,17H,9-15H2,1-4H3,(H,27,30)(H,31,32). The van der Waals surface area contributed by atoms with E-state index in [9.17, 15) is 23.1 Å². The van der Waals surface area contributed by atoms with Gasteiger partial charge in [-0.25, -0.2) is 13.2 Å². The highest BCUT2D eigenvalue weighted by Gasteiger charge is 2.53. The third-order valence-corrected chi connectivity index (χ3v) is 10.8. The number of amides is 1. The molecule has 10 heteroatoms. The van der Waals surface area contributed by atoms with Crippen molar-refractivity contribution in [3.63, 3.8) is 0 Å². The molecule has 3 aliphatic rings. The van der Waals surface area contributed by atoms with Crippen LogP contribution in [0.2, 0.25) is 0 Å². The van der Waals surface area contributed by atoms with Gasteiger partial charge in [0.25, 0.3) is 5.91 Å². The predicted octanol–water partition coefficient (Wildman–Crippen LogP) is 4.28. The number of hydrogen-bond donors (Lipinski definition) is 2. The van der Waals surface area contributed by atoms with Gasteiger partial charge in [-0.3, -0.25) is 4.79 Å². The van der Waals surface area contributed by atoms with Crippen LogP contribution in [-0.4, -0.2) is 60.8 Å². The molecule has 5 rings (SSSR count). The molecule has 1 amide bonds. The first-order valence-corrected chi connectivity index (χ1v) is 14.5. The van der Waals surface area contributed by atoms with Crippen LogP contribution in [0.15, 0.2) is 29.2 Å². The van der Waals surface area contributed by atoms with Crippen LogP contribution < -0.4 is 5.32 Å². The van der Waals surface area contributed by atoms with Gasteiger partial charge in [0.2, 0.25) is 10.0 Å². The monoisotopic (exact) mass is 531 g/mol. The molecule has 2 bridgehead atoms. The molecule has 1 aliphatic carbocycles. The lowest BCUT2D eigenvalue weighted by Gasteiger charge is -2.39. The molecule has 3 heterocycles. The Morgan fingerprint density at radius 2 is 1.83 bits per heavy atom. The van der Waals surface area contributed by atoms with E-state index >= 15 is 0 Å². The van der Waals surface area contributed by atoms with Gasteiger partial charge in [0.1, 0.15) is 5.00 Å². The fourth-order valence-electron chi connectivity index (χ4n) is 6.62.